The number of hydrogen-bond acceptors (Lipinski definition) is 4. The second-order valence-electron chi connectivity index (χ2n) is 9.78. The van der Waals surface area contributed by atoms with Crippen LogP contribution >= 0.6 is 0 Å². The van der Waals surface area contributed by atoms with Crippen molar-refractivity contribution in [3.8, 4) is 5.75 Å². The van der Waals surface area contributed by atoms with Gasteiger partial charge in [-0.25, -0.2) is 0 Å². The van der Waals surface area contributed by atoms with E-state index in [0.29, 0.717) is 26.4 Å². The van der Waals surface area contributed by atoms with Crippen molar-refractivity contribution in [1.29, 1.82) is 0 Å². The van der Waals surface area contributed by atoms with Gasteiger partial charge in [-0.05, 0) is 82.4 Å². The lowest BCUT2D eigenvalue weighted by atomic mass is 9.77. The van der Waals surface area contributed by atoms with E-state index in [1.807, 2.05) is 20.8 Å². The van der Waals surface area contributed by atoms with Gasteiger partial charge in [-0.1, -0.05) is 64.0 Å². The predicted octanol–water partition coefficient (Wildman–Crippen LogP) is 8.53. The van der Waals surface area contributed by atoms with Crippen molar-refractivity contribution in [3.05, 3.63) is 29.8 Å². The van der Waals surface area contributed by atoms with Gasteiger partial charge in [0.05, 0.1) is 6.61 Å². The molecule has 5 heteroatoms. The maximum absolute atomic E-state index is 6.03. The summed E-state index contributed by atoms with van der Waals surface area (Å²) < 4.78 is 23.8. The highest BCUT2D eigenvalue weighted by atomic mass is 28.4. The molecule has 0 unspecified atom stereocenters. The molecule has 0 heterocycles. The molecule has 1 aliphatic carbocycles. The first-order chi connectivity index (χ1) is 16.7. The van der Waals surface area contributed by atoms with Crippen molar-refractivity contribution in [2.75, 3.05) is 26.4 Å². The van der Waals surface area contributed by atoms with Gasteiger partial charge in [0, 0.05) is 25.9 Å². The highest BCUT2D eigenvalue weighted by Crippen LogP contribution is 2.38. The predicted molar refractivity (Wildman–Crippen MR) is 145 cm³/mol. The smallest absolute Gasteiger partial charge is 0.494 e. The quantitative estimate of drug-likeness (QED) is 0.143. The van der Waals surface area contributed by atoms with E-state index in [4.69, 9.17) is 18.0 Å². The molecule has 0 N–H and O–H groups in total. The Morgan fingerprint density at radius 2 is 1.29 bits per heavy atom. The van der Waals surface area contributed by atoms with Crippen LogP contribution in [0.4, 0.5) is 0 Å². The number of rotatable bonds is 19. The molecule has 2 rings (SSSR count). The Morgan fingerprint density at radius 1 is 0.706 bits per heavy atom. The minimum absolute atomic E-state index is 0.621. The van der Waals surface area contributed by atoms with Gasteiger partial charge in [0.25, 0.3) is 0 Å². The molecule has 0 bridgehead atoms. The van der Waals surface area contributed by atoms with Crippen LogP contribution in [0, 0.1) is 5.92 Å². The highest BCUT2D eigenvalue weighted by Gasteiger charge is 2.39. The van der Waals surface area contributed by atoms with Crippen molar-refractivity contribution in [2.24, 2.45) is 5.92 Å². The fraction of sp³-hybridized carbons (Fsp3) is 0.793. The van der Waals surface area contributed by atoms with E-state index in [1.165, 1.54) is 76.2 Å². The summed E-state index contributed by atoms with van der Waals surface area (Å²) in [7, 11) is -2.57. The SMILES string of the molecule is CCCCCCCCC1CCC(c2ccc(OCCC[Si](OCC)(OCC)OCC)cc2)CC1. The first-order valence-corrected chi connectivity index (χ1v) is 16.2. The maximum Gasteiger partial charge on any atom is 0.501 e. The Bertz CT molecular complexity index is 596. The number of ether oxygens (including phenoxy) is 1. The highest BCUT2D eigenvalue weighted by molar-refractivity contribution is 6.60. The second kappa shape index (κ2) is 17.5. The van der Waals surface area contributed by atoms with Gasteiger partial charge < -0.3 is 18.0 Å². The summed E-state index contributed by atoms with van der Waals surface area (Å²) in [5.41, 5.74) is 1.49. The largest absolute Gasteiger partial charge is 0.501 e. The zero-order valence-corrected chi connectivity index (χ0v) is 23.6. The molecule has 0 radical (unpaired) electrons. The molecule has 0 spiro atoms. The maximum atomic E-state index is 6.03. The van der Waals surface area contributed by atoms with Crippen molar-refractivity contribution in [3.63, 3.8) is 0 Å². The van der Waals surface area contributed by atoms with Crippen LogP contribution in [-0.2, 0) is 13.3 Å². The zero-order chi connectivity index (χ0) is 24.5. The molecular formula is C29H52O4Si. The van der Waals surface area contributed by atoms with E-state index in [9.17, 15) is 0 Å². The molecule has 0 aliphatic heterocycles. The summed E-state index contributed by atoms with van der Waals surface area (Å²) in [6.07, 6.45) is 16.3. The molecule has 4 nitrogen and oxygen atoms in total. The van der Waals surface area contributed by atoms with Gasteiger partial charge in [0.2, 0.25) is 0 Å². The number of hydrogen-bond donors (Lipinski definition) is 0. The Morgan fingerprint density at radius 3 is 1.88 bits per heavy atom. The van der Waals surface area contributed by atoms with E-state index in [1.54, 1.807) is 0 Å². The van der Waals surface area contributed by atoms with Crippen LogP contribution in [-0.4, -0.2) is 35.2 Å². The molecule has 1 aliphatic rings. The fourth-order valence-corrected chi connectivity index (χ4v) is 7.89. The zero-order valence-electron chi connectivity index (χ0n) is 22.6. The van der Waals surface area contributed by atoms with Gasteiger partial charge in [0.1, 0.15) is 5.75 Å². The molecule has 1 aromatic rings. The Balaban J connectivity index is 1.67. The van der Waals surface area contributed by atoms with Crippen LogP contribution < -0.4 is 4.74 Å². The average molecular weight is 493 g/mol. The standard InChI is InChI=1S/C29H52O4Si/c1-5-9-10-11-12-13-15-26-16-18-27(19-17-26)28-20-22-29(23-21-28)30-24-14-25-34(31-6-2,32-7-3)33-8-4/h20-23,26-27H,5-19,24-25H2,1-4H3. The Hall–Kier alpha value is -0.883. The summed E-state index contributed by atoms with van der Waals surface area (Å²) in [6, 6.07) is 9.66. The summed E-state index contributed by atoms with van der Waals surface area (Å²) in [5.74, 6) is 2.65. The third-order valence-electron chi connectivity index (χ3n) is 7.15. The van der Waals surface area contributed by atoms with E-state index < -0.39 is 8.80 Å². The number of benzene rings is 1. The topological polar surface area (TPSA) is 36.9 Å². The summed E-state index contributed by atoms with van der Waals surface area (Å²) >= 11 is 0. The van der Waals surface area contributed by atoms with Crippen molar-refractivity contribution in [2.45, 2.75) is 117 Å². The van der Waals surface area contributed by atoms with Gasteiger partial charge in [-0.15, -0.1) is 0 Å². The van der Waals surface area contributed by atoms with Crippen molar-refractivity contribution >= 4 is 8.80 Å². The molecule has 0 atom stereocenters. The molecule has 1 aromatic carbocycles. The molecule has 34 heavy (non-hydrogen) atoms. The van der Waals surface area contributed by atoms with Crippen LogP contribution in [0.1, 0.15) is 116 Å². The van der Waals surface area contributed by atoms with Crippen LogP contribution in [0.25, 0.3) is 0 Å². The molecular weight excluding hydrogens is 440 g/mol. The molecule has 0 saturated heterocycles. The first-order valence-electron chi connectivity index (χ1n) is 14.3. The van der Waals surface area contributed by atoms with Gasteiger partial charge in [-0.2, -0.15) is 0 Å². The fourth-order valence-electron chi connectivity index (χ4n) is 5.31. The summed E-state index contributed by atoms with van der Waals surface area (Å²) in [4.78, 5) is 0. The van der Waals surface area contributed by atoms with Crippen LogP contribution in [0.5, 0.6) is 5.75 Å². The van der Waals surface area contributed by atoms with Crippen molar-refractivity contribution in [1.82, 2.24) is 0 Å². The van der Waals surface area contributed by atoms with Crippen LogP contribution in [0.2, 0.25) is 6.04 Å². The normalized spacial score (nSPS) is 18.8. The second-order valence-corrected chi connectivity index (χ2v) is 12.5. The molecule has 0 amide bonds. The third-order valence-corrected chi connectivity index (χ3v) is 10.3. The summed E-state index contributed by atoms with van der Waals surface area (Å²) in [5, 5.41) is 0. The van der Waals surface area contributed by atoms with Crippen molar-refractivity contribution < 1.29 is 18.0 Å². The monoisotopic (exact) mass is 492 g/mol. The molecule has 1 fully saturated rings. The van der Waals surface area contributed by atoms with Crippen LogP contribution in [0.3, 0.4) is 0 Å². The third kappa shape index (κ3) is 10.8. The van der Waals surface area contributed by atoms with Gasteiger partial charge in [-0.3, -0.25) is 0 Å². The Labute approximate surface area is 211 Å². The van der Waals surface area contributed by atoms with Gasteiger partial charge >= 0.3 is 8.80 Å². The number of unbranched alkanes of at least 4 members (excludes halogenated alkanes) is 5. The van der Waals surface area contributed by atoms with E-state index in [-0.39, 0.29) is 0 Å². The Kier molecular flexibility index (Phi) is 15.1. The minimum atomic E-state index is -2.57. The van der Waals surface area contributed by atoms with E-state index in [0.717, 1.165) is 30.1 Å². The molecule has 196 valence electrons. The lowest BCUT2D eigenvalue weighted by molar-refractivity contribution is 0.0696. The molecule has 0 aromatic heterocycles. The van der Waals surface area contributed by atoms with Crippen LogP contribution in [0.15, 0.2) is 24.3 Å². The lowest BCUT2D eigenvalue weighted by Gasteiger charge is -2.29. The molecule has 1 saturated carbocycles. The lowest BCUT2D eigenvalue weighted by Crippen LogP contribution is -2.46. The van der Waals surface area contributed by atoms with E-state index >= 15 is 0 Å². The average Bonchev–Trinajstić information content (AvgIpc) is 2.85. The first kappa shape index (κ1) is 29.3. The van der Waals surface area contributed by atoms with E-state index in [2.05, 4.69) is 31.2 Å². The van der Waals surface area contributed by atoms with Gasteiger partial charge in [0.15, 0.2) is 0 Å². The minimum Gasteiger partial charge on any atom is -0.494 e. The summed E-state index contributed by atoms with van der Waals surface area (Å²) in [6.45, 7) is 10.8.